The van der Waals surface area contributed by atoms with E-state index < -0.39 is 4.92 Å². The summed E-state index contributed by atoms with van der Waals surface area (Å²) >= 11 is 0. The van der Waals surface area contributed by atoms with E-state index in [4.69, 9.17) is 4.74 Å². The monoisotopic (exact) mass is 331 g/mol. The molecule has 0 heterocycles. The molecule has 0 fully saturated rings. The third-order valence-electron chi connectivity index (χ3n) is 2.65. The summed E-state index contributed by atoms with van der Waals surface area (Å²) in [6, 6.07) is 11.5. The quantitative estimate of drug-likeness (QED) is 0.370. The van der Waals surface area contributed by atoms with E-state index in [1.165, 1.54) is 12.1 Å². The van der Waals surface area contributed by atoms with Gasteiger partial charge in [-0.2, -0.15) is 5.11 Å². The Balaban J connectivity index is 0.00000123. The minimum absolute atomic E-state index is 0.0164. The molecule has 2 aromatic carbocycles. The van der Waals surface area contributed by atoms with Gasteiger partial charge in [0.25, 0.3) is 5.69 Å². The zero-order chi connectivity index (χ0) is 18.5. The molecule has 0 radical (unpaired) electrons. The van der Waals surface area contributed by atoms with E-state index in [0.717, 1.165) is 5.56 Å². The van der Waals surface area contributed by atoms with Gasteiger partial charge in [0.2, 0.25) is 0 Å². The molecule has 0 saturated heterocycles. The summed E-state index contributed by atoms with van der Waals surface area (Å²) in [6.07, 6.45) is 0. The smallest absolute Gasteiger partial charge is 0.271 e. The Kier molecular flexibility index (Phi) is 10.4. The summed E-state index contributed by atoms with van der Waals surface area (Å²) in [7, 11) is 1.56. The van der Waals surface area contributed by atoms with Crippen LogP contribution in [0.3, 0.4) is 0 Å². The van der Waals surface area contributed by atoms with Gasteiger partial charge in [-0.05, 0) is 30.7 Å². The van der Waals surface area contributed by atoms with Crippen molar-refractivity contribution < 1.29 is 9.66 Å². The lowest BCUT2D eigenvalue weighted by Gasteiger charge is -2.04. The van der Waals surface area contributed by atoms with Crippen LogP contribution in [0.1, 0.15) is 33.3 Å². The second kappa shape index (κ2) is 11.8. The molecular weight excluding hydrogens is 306 g/mol. The van der Waals surface area contributed by atoms with Crippen molar-refractivity contribution in [2.24, 2.45) is 10.2 Å². The van der Waals surface area contributed by atoms with Crippen molar-refractivity contribution in [2.45, 2.75) is 34.6 Å². The third kappa shape index (κ3) is 6.56. The number of rotatable bonds is 4. The lowest BCUT2D eigenvalue weighted by molar-refractivity contribution is -0.384. The molecule has 0 N–H and O–H groups in total. The number of nitro benzene ring substituents is 1. The second-order valence-electron chi connectivity index (χ2n) is 4.15. The number of aryl methyl sites for hydroxylation is 1. The van der Waals surface area contributed by atoms with Gasteiger partial charge >= 0.3 is 0 Å². The maximum atomic E-state index is 10.7. The van der Waals surface area contributed by atoms with Gasteiger partial charge in [0.15, 0.2) is 0 Å². The maximum absolute atomic E-state index is 10.7. The Morgan fingerprint density at radius 3 is 2.25 bits per heavy atom. The van der Waals surface area contributed by atoms with Crippen LogP contribution in [0.25, 0.3) is 0 Å². The van der Waals surface area contributed by atoms with Crippen molar-refractivity contribution in [3.63, 3.8) is 0 Å². The van der Waals surface area contributed by atoms with E-state index in [1.807, 2.05) is 46.8 Å². The molecule has 0 aliphatic carbocycles. The summed E-state index contributed by atoms with van der Waals surface area (Å²) in [5.41, 5.74) is 2.03. The minimum atomic E-state index is -0.467. The van der Waals surface area contributed by atoms with Crippen LogP contribution in [0.4, 0.5) is 17.1 Å². The molecule has 2 aromatic rings. The van der Waals surface area contributed by atoms with Gasteiger partial charge < -0.3 is 4.74 Å². The van der Waals surface area contributed by atoms with Crippen molar-refractivity contribution in [1.29, 1.82) is 0 Å². The molecule has 24 heavy (non-hydrogen) atoms. The van der Waals surface area contributed by atoms with Gasteiger partial charge in [0.1, 0.15) is 11.4 Å². The summed E-state index contributed by atoms with van der Waals surface area (Å²) in [6.45, 7) is 9.95. The van der Waals surface area contributed by atoms with Crippen molar-refractivity contribution in [1.82, 2.24) is 0 Å². The fraction of sp³-hybridized carbons (Fsp3) is 0.333. The van der Waals surface area contributed by atoms with Crippen LogP contribution in [0.15, 0.2) is 52.7 Å². The number of methoxy groups -OCH3 is 1. The Morgan fingerprint density at radius 1 is 1.00 bits per heavy atom. The number of hydrogen-bond donors (Lipinski definition) is 0. The normalized spacial score (nSPS) is 9.42. The number of azo groups is 1. The lowest BCUT2D eigenvalue weighted by atomic mass is 10.2. The SMILES string of the molecule is CC.CC.COc1cc(C)ccc1N=Nc1cccc([N+](=O)[O-])c1. The molecule has 0 unspecified atom stereocenters. The Morgan fingerprint density at radius 2 is 1.67 bits per heavy atom. The first kappa shape index (κ1) is 21.2. The van der Waals surface area contributed by atoms with Crippen LogP contribution in [-0.4, -0.2) is 12.0 Å². The molecule has 0 aliphatic heterocycles. The first-order valence-electron chi connectivity index (χ1n) is 7.91. The topological polar surface area (TPSA) is 77.1 Å². The molecule has 0 saturated carbocycles. The van der Waals surface area contributed by atoms with Gasteiger partial charge in [-0.25, -0.2) is 0 Å². The lowest BCUT2D eigenvalue weighted by Crippen LogP contribution is -1.86. The standard InChI is InChI=1S/C14H13N3O3.2C2H6/c1-10-6-7-13(14(8-10)20-2)16-15-11-4-3-5-12(9-11)17(18)19;2*1-2/h3-9H,1-2H3;2*1-2H3. The minimum Gasteiger partial charge on any atom is -0.494 e. The Bertz CT molecular complexity index is 670. The van der Waals surface area contributed by atoms with Crippen LogP contribution in [-0.2, 0) is 0 Å². The molecule has 6 heteroatoms. The van der Waals surface area contributed by atoms with Crippen LogP contribution in [0.2, 0.25) is 0 Å². The molecule has 0 spiro atoms. The number of nitro groups is 1. The Hall–Kier alpha value is -2.76. The predicted molar refractivity (Wildman–Crippen MR) is 97.7 cm³/mol. The molecule has 0 amide bonds. The van der Waals surface area contributed by atoms with Gasteiger partial charge in [0, 0.05) is 12.1 Å². The average molecular weight is 331 g/mol. The van der Waals surface area contributed by atoms with E-state index in [-0.39, 0.29) is 5.69 Å². The van der Waals surface area contributed by atoms with Crippen molar-refractivity contribution in [3.05, 3.63) is 58.1 Å². The predicted octanol–water partition coefficient (Wildman–Crippen LogP) is 6.38. The molecular formula is C18H25N3O3. The van der Waals surface area contributed by atoms with E-state index in [1.54, 1.807) is 25.3 Å². The highest BCUT2D eigenvalue weighted by molar-refractivity contribution is 5.53. The van der Waals surface area contributed by atoms with Gasteiger partial charge in [-0.15, -0.1) is 5.11 Å². The first-order valence-corrected chi connectivity index (χ1v) is 7.91. The molecule has 0 aromatic heterocycles. The van der Waals surface area contributed by atoms with Gasteiger partial charge in [0.05, 0.1) is 17.7 Å². The Labute approximate surface area is 143 Å². The number of benzene rings is 2. The molecule has 0 bridgehead atoms. The zero-order valence-corrected chi connectivity index (χ0v) is 15.1. The van der Waals surface area contributed by atoms with E-state index >= 15 is 0 Å². The molecule has 0 atom stereocenters. The molecule has 130 valence electrons. The van der Waals surface area contributed by atoms with Crippen molar-refractivity contribution in [2.75, 3.05) is 7.11 Å². The fourth-order valence-corrected chi connectivity index (χ4v) is 1.65. The molecule has 6 nitrogen and oxygen atoms in total. The van der Waals surface area contributed by atoms with E-state index in [9.17, 15) is 10.1 Å². The molecule has 0 aliphatic rings. The van der Waals surface area contributed by atoms with Gasteiger partial charge in [-0.1, -0.05) is 39.8 Å². The van der Waals surface area contributed by atoms with Crippen molar-refractivity contribution >= 4 is 17.1 Å². The number of non-ortho nitro benzene ring substituents is 1. The number of ether oxygens (including phenoxy) is 1. The number of hydrogen-bond acceptors (Lipinski definition) is 5. The van der Waals surface area contributed by atoms with Crippen LogP contribution in [0.5, 0.6) is 5.75 Å². The maximum Gasteiger partial charge on any atom is 0.271 e. The molecule has 2 rings (SSSR count). The third-order valence-corrected chi connectivity index (χ3v) is 2.65. The second-order valence-corrected chi connectivity index (χ2v) is 4.15. The van der Waals surface area contributed by atoms with E-state index in [0.29, 0.717) is 17.1 Å². The van der Waals surface area contributed by atoms with Crippen LogP contribution in [0, 0.1) is 17.0 Å². The highest BCUT2D eigenvalue weighted by atomic mass is 16.6. The van der Waals surface area contributed by atoms with Crippen LogP contribution < -0.4 is 4.74 Å². The summed E-state index contributed by atoms with van der Waals surface area (Å²) in [5, 5.41) is 18.7. The van der Waals surface area contributed by atoms with Crippen molar-refractivity contribution in [3.8, 4) is 5.75 Å². The largest absolute Gasteiger partial charge is 0.494 e. The van der Waals surface area contributed by atoms with Gasteiger partial charge in [-0.3, -0.25) is 10.1 Å². The first-order chi connectivity index (χ1) is 11.6. The highest BCUT2D eigenvalue weighted by Crippen LogP contribution is 2.30. The highest BCUT2D eigenvalue weighted by Gasteiger charge is 2.05. The van der Waals surface area contributed by atoms with Crippen LogP contribution >= 0.6 is 0 Å². The zero-order valence-electron chi connectivity index (χ0n) is 15.1. The number of nitrogens with zero attached hydrogens (tertiary/aromatic N) is 3. The van der Waals surface area contributed by atoms with E-state index in [2.05, 4.69) is 10.2 Å². The fourth-order valence-electron chi connectivity index (χ4n) is 1.65. The summed E-state index contributed by atoms with van der Waals surface area (Å²) in [5.74, 6) is 0.610. The summed E-state index contributed by atoms with van der Waals surface area (Å²) < 4.78 is 5.21. The average Bonchev–Trinajstić information content (AvgIpc) is 2.64. The summed E-state index contributed by atoms with van der Waals surface area (Å²) in [4.78, 5) is 10.2.